The Labute approximate surface area is 78.0 Å². The van der Waals surface area contributed by atoms with E-state index in [1.165, 1.54) is 0 Å². The van der Waals surface area contributed by atoms with Crippen molar-refractivity contribution in [3.05, 3.63) is 0 Å². The van der Waals surface area contributed by atoms with E-state index in [9.17, 15) is 21.6 Å². The van der Waals surface area contributed by atoms with Gasteiger partial charge in [0, 0.05) is 30.2 Å². The Bertz CT molecular complexity index is 283. The van der Waals surface area contributed by atoms with Crippen molar-refractivity contribution < 1.29 is 21.6 Å². The molecule has 0 bridgehead atoms. The maximum atomic E-state index is 11.7. The van der Waals surface area contributed by atoms with Crippen LogP contribution in [0.1, 0.15) is 6.42 Å². The molecule has 0 saturated carbocycles. The Balaban J connectivity index is 2.35. The molecule has 1 saturated heterocycles. The van der Waals surface area contributed by atoms with Crippen molar-refractivity contribution in [3.63, 3.8) is 0 Å². The van der Waals surface area contributed by atoms with Crippen LogP contribution < -0.4 is 0 Å². The lowest BCUT2D eigenvalue weighted by Crippen LogP contribution is -2.49. The van der Waals surface area contributed by atoms with E-state index in [2.05, 4.69) is 0 Å². The Morgan fingerprint density at radius 3 is 2.15 bits per heavy atom. The van der Waals surface area contributed by atoms with Gasteiger partial charge in [0.05, 0.1) is 0 Å². The lowest BCUT2D eigenvalue weighted by atomic mass is 9.99. The second-order valence-corrected chi connectivity index (χ2v) is 5.45. The van der Waals surface area contributed by atoms with Gasteiger partial charge in [0.2, 0.25) is 0 Å². The second kappa shape index (κ2) is 3.29. The van der Waals surface area contributed by atoms with Crippen molar-refractivity contribution in [1.29, 1.82) is 0 Å². The van der Waals surface area contributed by atoms with Crippen molar-refractivity contribution in [1.82, 2.24) is 4.31 Å². The zero-order chi connectivity index (χ0) is 10.3. The van der Waals surface area contributed by atoms with Crippen LogP contribution in [0.2, 0.25) is 0 Å². The summed E-state index contributed by atoms with van der Waals surface area (Å²) in [7, 11) is 1.07. The molecule has 78 valence electrons. The summed E-state index contributed by atoms with van der Waals surface area (Å²) >= 11 is 0. The molecule has 0 aromatic rings. The summed E-state index contributed by atoms with van der Waals surface area (Å²) in [5.41, 5.74) is 0. The van der Waals surface area contributed by atoms with Crippen LogP contribution in [-0.4, -0.2) is 32.0 Å². The fourth-order valence-electron chi connectivity index (χ4n) is 1.16. The summed E-state index contributed by atoms with van der Waals surface area (Å²) in [6.45, 7) is -0.267. The molecule has 0 spiro atoms. The van der Waals surface area contributed by atoms with Gasteiger partial charge in [-0.05, 0) is 5.92 Å². The molecule has 1 rings (SSSR count). The third kappa shape index (κ3) is 3.32. The van der Waals surface area contributed by atoms with Gasteiger partial charge in [-0.1, -0.05) is 0 Å². The van der Waals surface area contributed by atoms with Gasteiger partial charge in [-0.3, -0.25) is 0 Å². The lowest BCUT2D eigenvalue weighted by Gasteiger charge is -2.36. The van der Waals surface area contributed by atoms with Crippen LogP contribution in [0.5, 0.6) is 0 Å². The van der Waals surface area contributed by atoms with Gasteiger partial charge in [0.1, 0.15) is 0 Å². The van der Waals surface area contributed by atoms with Crippen LogP contribution in [0, 0.1) is 5.92 Å². The first-order chi connectivity index (χ1) is 5.68. The molecule has 13 heavy (non-hydrogen) atoms. The first-order valence-corrected chi connectivity index (χ1v) is 5.71. The highest BCUT2D eigenvalue weighted by Crippen LogP contribution is 2.32. The van der Waals surface area contributed by atoms with E-state index >= 15 is 0 Å². The van der Waals surface area contributed by atoms with E-state index in [1.807, 2.05) is 0 Å². The highest BCUT2D eigenvalue weighted by molar-refractivity contribution is 8.11. The van der Waals surface area contributed by atoms with Crippen LogP contribution in [0.4, 0.5) is 13.2 Å². The molecule has 0 unspecified atom stereocenters. The molecule has 0 amide bonds. The smallest absolute Gasteiger partial charge is 0.195 e. The summed E-state index contributed by atoms with van der Waals surface area (Å²) in [6, 6.07) is 0. The first kappa shape index (κ1) is 11.1. The quantitative estimate of drug-likeness (QED) is 0.680. The van der Waals surface area contributed by atoms with Crippen LogP contribution in [0.25, 0.3) is 0 Å². The van der Waals surface area contributed by atoms with E-state index in [0.717, 1.165) is 4.31 Å². The Morgan fingerprint density at radius 2 is 1.85 bits per heavy atom. The Morgan fingerprint density at radius 1 is 1.38 bits per heavy atom. The lowest BCUT2D eigenvalue weighted by molar-refractivity contribution is -0.151. The predicted octanol–water partition coefficient (Wildman–Crippen LogP) is 1.35. The number of alkyl halides is 3. The molecule has 1 fully saturated rings. The molecule has 3 nitrogen and oxygen atoms in total. The molecule has 1 aliphatic heterocycles. The zero-order valence-electron chi connectivity index (χ0n) is 6.38. The van der Waals surface area contributed by atoms with Gasteiger partial charge in [-0.25, -0.2) is 0 Å². The molecule has 1 heterocycles. The van der Waals surface area contributed by atoms with Gasteiger partial charge in [0.15, 0.2) is 0 Å². The first-order valence-electron chi connectivity index (χ1n) is 3.45. The zero-order valence-corrected chi connectivity index (χ0v) is 7.95. The van der Waals surface area contributed by atoms with Crippen molar-refractivity contribution in [3.8, 4) is 0 Å². The molecular formula is C5H7ClF3NO2S. The number of hydrogen-bond donors (Lipinski definition) is 0. The second-order valence-electron chi connectivity index (χ2n) is 2.94. The third-order valence-corrected chi connectivity index (χ3v) is 3.25. The number of rotatable bonds is 2. The normalized spacial score (nSPS) is 21.5. The van der Waals surface area contributed by atoms with E-state index in [0.29, 0.717) is 0 Å². The fraction of sp³-hybridized carbons (Fsp3) is 1.00. The minimum atomic E-state index is -4.23. The molecular weight excluding hydrogens is 231 g/mol. The monoisotopic (exact) mass is 237 g/mol. The van der Waals surface area contributed by atoms with E-state index < -0.39 is 27.8 Å². The van der Waals surface area contributed by atoms with Crippen molar-refractivity contribution in [2.45, 2.75) is 12.6 Å². The third-order valence-electron chi connectivity index (χ3n) is 1.75. The molecule has 0 atom stereocenters. The molecule has 0 aromatic carbocycles. The van der Waals surface area contributed by atoms with E-state index in [4.69, 9.17) is 10.7 Å². The van der Waals surface area contributed by atoms with Crippen LogP contribution >= 0.6 is 10.7 Å². The summed E-state index contributed by atoms with van der Waals surface area (Å²) < 4.78 is 57.1. The van der Waals surface area contributed by atoms with E-state index in [-0.39, 0.29) is 13.1 Å². The average Bonchev–Trinajstić information content (AvgIpc) is 1.71. The van der Waals surface area contributed by atoms with Crippen LogP contribution in [-0.2, 0) is 9.24 Å². The summed E-state index contributed by atoms with van der Waals surface area (Å²) in [4.78, 5) is 0. The number of nitrogens with zero attached hydrogens (tertiary/aromatic N) is 1. The standard InChI is InChI=1S/C5H7ClF3NO2S/c6-13(11,12)10-2-4(3-10)1-5(7,8)9/h4H,1-3H2. The molecule has 1 aliphatic rings. The van der Waals surface area contributed by atoms with Gasteiger partial charge in [0.25, 0.3) is 9.24 Å². The average molecular weight is 238 g/mol. The number of hydrogen-bond acceptors (Lipinski definition) is 2. The van der Waals surface area contributed by atoms with Crippen LogP contribution in [0.3, 0.4) is 0 Å². The van der Waals surface area contributed by atoms with Gasteiger partial charge in [-0.2, -0.15) is 25.9 Å². The van der Waals surface area contributed by atoms with Gasteiger partial charge in [-0.15, -0.1) is 0 Å². The minimum Gasteiger partial charge on any atom is -0.195 e. The maximum Gasteiger partial charge on any atom is 0.389 e. The molecule has 0 radical (unpaired) electrons. The molecule has 0 aromatic heterocycles. The highest BCUT2D eigenvalue weighted by atomic mass is 35.7. The molecule has 0 N–H and O–H groups in total. The minimum absolute atomic E-state index is 0.134. The largest absolute Gasteiger partial charge is 0.389 e. The van der Waals surface area contributed by atoms with Crippen molar-refractivity contribution in [2.75, 3.05) is 13.1 Å². The summed E-state index contributed by atoms with van der Waals surface area (Å²) in [5.74, 6) is -0.645. The summed E-state index contributed by atoms with van der Waals surface area (Å²) in [5, 5.41) is 0. The summed E-state index contributed by atoms with van der Waals surface area (Å²) in [6.07, 6.45) is -5.18. The van der Waals surface area contributed by atoms with Crippen molar-refractivity contribution >= 4 is 19.9 Å². The van der Waals surface area contributed by atoms with Gasteiger partial charge >= 0.3 is 6.18 Å². The predicted molar refractivity (Wildman–Crippen MR) is 40.5 cm³/mol. The maximum absolute atomic E-state index is 11.7. The van der Waals surface area contributed by atoms with Gasteiger partial charge < -0.3 is 0 Å². The molecule has 8 heteroatoms. The topological polar surface area (TPSA) is 37.4 Å². The SMILES string of the molecule is O=S(=O)(Cl)N1CC(CC(F)(F)F)C1. The number of halogens is 4. The van der Waals surface area contributed by atoms with Crippen molar-refractivity contribution in [2.24, 2.45) is 5.92 Å². The molecule has 0 aliphatic carbocycles. The van der Waals surface area contributed by atoms with E-state index in [1.54, 1.807) is 0 Å². The van der Waals surface area contributed by atoms with Crippen LogP contribution in [0.15, 0.2) is 0 Å². The highest BCUT2D eigenvalue weighted by Gasteiger charge is 2.41. The Kier molecular flexibility index (Phi) is 2.80. The Hall–Kier alpha value is -0.0100. The fourth-order valence-corrected chi connectivity index (χ4v) is 2.27.